The van der Waals surface area contributed by atoms with E-state index in [2.05, 4.69) is 10.2 Å². The van der Waals surface area contributed by atoms with E-state index in [9.17, 15) is 40.2 Å². The lowest BCUT2D eigenvalue weighted by Crippen LogP contribution is -2.39. The molecule has 1 saturated heterocycles. The van der Waals surface area contributed by atoms with Gasteiger partial charge in [-0.1, -0.05) is 6.07 Å². The van der Waals surface area contributed by atoms with Crippen molar-refractivity contribution in [2.45, 2.75) is 50.3 Å². The molecular formula is C21H22F8N4O. The van der Waals surface area contributed by atoms with Crippen LogP contribution in [0.25, 0.3) is 0 Å². The molecule has 1 fully saturated rings. The van der Waals surface area contributed by atoms with Crippen LogP contribution in [0.2, 0.25) is 0 Å². The van der Waals surface area contributed by atoms with Crippen LogP contribution < -0.4 is 0 Å². The van der Waals surface area contributed by atoms with Crippen molar-refractivity contribution >= 4 is 0 Å². The predicted molar refractivity (Wildman–Crippen MR) is 103 cm³/mol. The number of aliphatic hydroxyl groups is 1. The van der Waals surface area contributed by atoms with Crippen LogP contribution >= 0.6 is 0 Å². The lowest BCUT2D eigenvalue weighted by atomic mass is 9.85. The van der Waals surface area contributed by atoms with E-state index in [1.165, 1.54) is 4.90 Å². The second-order valence-electron chi connectivity index (χ2n) is 8.65. The summed E-state index contributed by atoms with van der Waals surface area (Å²) in [6.45, 7) is -0.564. The molecule has 0 aliphatic carbocycles. The summed E-state index contributed by atoms with van der Waals surface area (Å²) in [6, 6.07) is 1.63. The van der Waals surface area contributed by atoms with Crippen LogP contribution in [0.15, 0.2) is 12.1 Å². The summed E-state index contributed by atoms with van der Waals surface area (Å²) < 4.78 is 106. The molecule has 0 amide bonds. The molecule has 2 aliphatic heterocycles. The summed E-state index contributed by atoms with van der Waals surface area (Å²) in [5, 5.41) is 17.6. The molecule has 1 aromatic heterocycles. The number of hydrogen-bond donors (Lipinski definition) is 2. The van der Waals surface area contributed by atoms with Crippen LogP contribution in [0.4, 0.5) is 35.1 Å². The van der Waals surface area contributed by atoms with E-state index in [-0.39, 0.29) is 56.7 Å². The molecule has 1 unspecified atom stereocenters. The monoisotopic (exact) mass is 498 g/mol. The minimum atomic E-state index is -5.05. The molecular weight excluding hydrogens is 476 g/mol. The molecule has 2 N–H and O–H groups in total. The first-order valence-corrected chi connectivity index (χ1v) is 10.7. The van der Waals surface area contributed by atoms with Crippen molar-refractivity contribution in [1.29, 1.82) is 0 Å². The molecule has 0 bridgehead atoms. The molecule has 13 heteroatoms. The average Bonchev–Trinajstić information content (AvgIpc) is 3.16. The topological polar surface area (TPSA) is 55.4 Å². The molecule has 3 heterocycles. The van der Waals surface area contributed by atoms with Gasteiger partial charge >= 0.3 is 12.4 Å². The third-order valence-electron chi connectivity index (χ3n) is 6.42. The molecule has 0 spiro atoms. The number of halogens is 8. The quantitative estimate of drug-likeness (QED) is 0.610. The van der Waals surface area contributed by atoms with Gasteiger partial charge in [-0.3, -0.25) is 14.9 Å². The van der Waals surface area contributed by atoms with Crippen molar-refractivity contribution in [2.75, 3.05) is 26.2 Å². The van der Waals surface area contributed by atoms with Gasteiger partial charge in [-0.05, 0) is 36.8 Å². The maximum atomic E-state index is 14.0. The van der Waals surface area contributed by atoms with E-state index in [4.69, 9.17) is 0 Å². The number of benzene rings is 1. The highest BCUT2D eigenvalue weighted by Gasteiger charge is 2.41. The standard InChI is InChI=1S/C21H22F8N4O/c22-14-2-1-12(16(17(14)23)21(27,28)29)11-3-7-33(8-4-11)19(34)18-13-5-6-32(10-20(24,25)26)9-15(13)30-31-18/h1-2,11,19,34H,3-10H2,(H,30,31). The Labute approximate surface area is 189 Å². The summed E-state index contributed by atoms with van der Waals surface area (Å²) in [6.07, 6.45) is -9.99. The SMILES string of the molecule is OC(c1n[nH]c2c1CCN(CC(F)(F)F)C2)N1CCC(c2ccc(F)c(F)c2C(F)(F)F)CC1. The molecule has 2 aromatic rings. The van der Waals surface area contributed by atoms with Gasteiger partial charge in [-0.15, -0.1) is 0 Å². The van der Waals surface area contributed by atoms with Gasteiger partial charge in [0.25, 0.3) is 0 Å². The fourth-order valence-corrected chi connectivity index (χ4v) is 4.82. The zero-order chi connectivity index (χ0) is 24.8. The Morgan fingerprint density at radius 3 is 2.35 bits per heavy atom. The lowest BCUT2D eigenvalue weighted by molar-refractivity contribution is -0.147. The number of fused-ring (bicyclic) bond motifs is 1. The smallest absolute Gasteiger partial charge is 0.372 e. The highest BCUT2D eigenvalue weighted by Crippen LogP contribution is 2.41. The van der Waals surface area contributed by atoms with Gasteiger partial charge in [-0.2, -0.15) is 31.4 Å². The first kappa shape index (κ1) is 24.9. The third-order valence-corrected chi connectivity index (χ3v) is 6.42. The number of alkyl halides is 6. The van der Waals surface area contributed by atoms with Gasteiger partial charge < -0.3 is 5.11 Å². The Morgan fingerprint density at radius 2 is 1.74 bits per heavy atom. The summed E-state index contributed by atoms with van der Waals surface area (Å²) in [4.78, 5) is 2.82. The van der Waals surface area contributed by atoms with Crippen LogP contribution in [0.5, 0.6) is 0 Å². The summed E-state index contributed by atoms with van der Waals surface area (Å²) in [7, 11) is 0. The van der Waals surface area contributed by atoms with Gasteiger partial charge in [0, 0.05) is 31.7 Å². The van der Waals surface area contributed by atoms with Crippen molar-refractivity contribution in [2.24, 2.45) is 0 Å². The third kappa shape index (κ3) is 5.05. The minimum absolute atomic E-state index is 0.00693. The summed E-state index contributed by atoms with van der Waals surface area (Å²) in [5.41, 5.74) is -0.522. The Hall–Kier alpha value is -2.25. The minimum Gasteiger partial charge on any atom is -0.372 e. The van der Waals surface area contributed by atoms with Crippen LogP contribution in [0.3, 0.4) is 0 Å². The average molecular weight is 498 g/mol. The highest BCUT2D eigenvalue weighted by atomic mass is 19.4. The van der Waals surface area contributed by atoms with Crippen molar-refractivity contribution in [3.8, 4) is 0 Å². The highest BCUT2D eigenvalue weighted by molar-refractivity contribution is 5.35. The number of piperidine rings is 1. The number of nitrogens with one attached hydrogen (secondary N) is 1. The Bertz CT molecular complexity index is 1030. The van der Waals surface area contributed by atoms with Crippen LogP contribution in [-0.2, 0) is 19.1 Å². The normalized spacial score (nSPS) is 19.9. The maximum absolute atomic E-state index is 14.0. The molecule has 4 rings (SSSR count). The van der Waals surface area contributed by atoms with Gasteiger partial charge in [0.1, 0.15) is 5.69 Å². The molecule has 0 radical (unpaired) electrons. The van der Waals surface area contributed by atoms with Gasteiger partial charge in [-0.25, -0.2) is 8.78 Å². The van der Waals surface area contributed by atoms with E-state index in [1.807, 2.05) is 0 Å². The number of aromatic nitrogens is 2. The first-order chi connectivity index (χ1) is 15.8. The number of aliphatic hydroxyl groups excluding tert-OH is 1. The van der Waals surface area contributed by atoms with Gasteiger partial charge in [0.15, 0.2) is 17.9 Å². The molecule has 0 saturated carbocycles. The summed E-state index contributed by atoms with van der Waals surface area (Å²) in [5.74, 6) is -4.17. The first-order valence-electron chi connectivity index (χ1n) is 10.7. The Morgan fingerprint density at radius 1 is 1.06 bits per heavy atom. The van der Waals surface area contributed by atoms with Crippen LogP contribution in [0, 0.1) is 11.6 Å². The fourth-order valence-electron chi connectivity index (χ4n) is 4.82. The van der Waals surface area contributed by atoms with E-state index in [1.54, 1.807) is 4.90 Å². The van der Waals surface area contributed by atoms with E-state index >= 15 is 0 Å². The zero-order valence-corrected chi connectivity index (χ0v) is 17.8. The molecule has 5 nitrogen and oxygen atoms in total. The van der Waals surface area contributed by atoms with Crippen molar-refractivity contribution in [1.82, 2.24) is 20.0 Å². The zero-order valence-electron chi connectivity index (χ0n) is 17.8. The van der Waals surface area contributed by atoms with E-state index in [0.29, 0.717) is 17.3 Å². The molecule has 2 aliphatic rings. The number of aromatic amines is 1. The number of nitrogens with zero attached hydrogens (tertiary/aromatic N) is 3. The Kier molecular flexibility index (Phi) is 6.64. The van der Waals surface area contributed by atoms with E-state index in [0.717, 1.165) is 6.07 Å². The van der Waals surface area contributed by atoms with Crippen LogP contribution in [-0.4, -0.2) is 57.5 Å². The van der Waals surface area contributed by atoms with Crippen molar-refractivity contribution in [3.63, 3.8) is 0 Å². The fraction of sp³-hybridized carbons (Fsp3) is 0.571. The van der Waals surface area contributed by atoms with Gasteiger partial charge in [0.2, 0.25) is 0 Å². The second kappa shape index (κ2) is 9.08. The molecule has 1 atom stereocenters. The largest absolute Gasteiger partial charge is 0.419 e. The van der Waals surface area contributed by atoms with Gasteiger partial charge in [0.05, 0.1) is 17.8 Å². The summed E-state index contributed by atoms with van der Waals surface area (Å²) >= 11 is 0. The number of likely N-dealkylation sites (tertiary alicyclic amines) is 1. The van der Waals surface area contributed by atoms with Crippen LogP contribution in [0.1, 0.15) is 53.1 Å². The number of hydrogen-bond acceptors (Lipinski definition) is 4. The maximum Gasteiger partial charge on any atom is 0.419 e. The molecule has 1 aromatic carbocycles. The molecule has 34 heavy (non-hydrogen) atoms. The lowest BCUT2D eigenvalue weighted by Gasteiger charge is -2.36. The second-order valence-corrected chi connectivity index (χ2v) is 8.65. The predicted octanol–water partition coefficient (Wildman–Crippen LogP) is 4.50. The number of H-pyrrole nitrogens is 1. The number of rotatable bonds is 4. The molecule has 188 valence electrons. The van der Waals surface area contributed by atoms with E-state index < -0.39 is 48.2 Å². The van der Waals surface area contributed by atoms with Crippen molar-refractivity contribution in [3.05, 3.63) is 51.8 Å². The van der Waals surface area contributed by atoms with Crippen molar-refractivity contribution < 1.29 is 40.2 Å². The Balaban J connectivity index is 1.44.